The van der Waals surface area contributed by atoms with Crippen LogP contribution in [0.3, 0.4) is 0 Å². The summed E-state index contributed by atoms with van der Waals surface area (Å²) in [5.74, 6) is 0.947. The summed E-state index contributed by atoms with van der Waals surface area (Å²) in [7, 11) is 0. The minimum atomic E-state index is 0.184. The molecule has 0 spiro atoms. The Balaban J connectivity index is 3.54. The molecule has 0 bridgehead atoms. The molecule has 0 heterocycles. The summed E-state index contributed by atoms with van der Waals surface area (Å²) in [4.78, 5) is 11.6. The third-order valence-corrected chi connectivity index (χ3v) is 3.38. The van der Waals surface area contributed by atoms with Gasteiger partial charge in [-0.15, -0.1) is 0 Å². The Morgan fingerprint density at radius 1 is 1.22 bits per heavy atom. The van der Waals surface area contributed by atoms with Crippen LogP contribution < -0.4 is 11.1 Å². The van der Waals surface area contributed by atoms with Gasteiger partial charge in [0.05, 0.1) is 0 Å². The average Bonchev–Trinajstić information content (AvgIpc) is 2.25. The highest BCUT2D eigenvalue weighted by atomic mass is 16.1. The Morgan fingerprint density at radius 2 is 1.89 bits per heavy atom. The smallest absolute Gasteiger partial charge is 0.220 e. The van der Waals surface area contributed by atoms with Crippen LogP contribution in [-0.2, 0) is 4.79 Å². The predicted octanol–water partition coefficient (Wildman–Crippen LogP) is 3.08. The number of hydrogen-bond donors (Lipinski definition) is 2. The van der Waals surface area contributed by atoms with E-state index >= 15 is 0 Å². The van der Waals surface area contributed by atoms with E-state index in [-0.39, 0.29) is 11.3 Å². The van der Waals surface area contributed by atoms with Crippen molar-refractivity contribution in [1.82, 2.24) is 5.32 Å². The van der Waals surface area contributed by atoms with Crippen LogP contribution in [-0.4, -0.2) is 19.0 Å². The lowest BCUT2D eigenvalue weighted by Crippen LogP contribution is -2.26. The minimum absolute atomic E-state index is 0.184. The third-order valence-electron chi connectivity index (χ3n) is 3.38. The van der Waals surface area contributed by atoms with Crippen molar-refractivity contribution in [1.29, 1.82) is 0 Å². The number of nitrogens with two attached hydrogens (primary N) is 1. The van der Waals surface area contributed by atoms with Gasteiger partial charge in [0.2, 0.25) is 5.91 Å². The van der Waals surface area contributed by atoms with Gasteiger partial charge in [0, 0.05) is 13.0 Å². The molecule has 0 aromatic rings. The molecule has 0 saturated heterocycles. The van der Waals surface area contributed by atoms with E-state index in [1.54, 1.807) is 0 Å². The highest BCUT2D eigenvalue weighted by Gasteiger charge is 2.17. The Labute approximate surface area is 113 Å². The van der Waals surface area contributed by atoms with Gasteiger partial charge in [0.1, 0.15) is 0 Å². The Kier molecular flexibility index (Phi) is 9.08. The van der Waals surface area contributed by atoms with E-state index in [2.05, 4.69) is 33.0 Å². The van der Waals surface area contributed by atoms with Crippen LogP contribution in [0.25, 0.3) is 0 Å². The summed E-state index contributed by atoms with van der Waals surface area (Å²) < 4.78 is 0. The normalized spacial score (nSPS) is 11.9. The molecule has 108 valence electrons. The molecule has 3 N–H and O–H groups in total. The van der Waals surface area contributed by atoms with Gasteiger partial charge in [0.15, 0.2) is 0 Å². The molecule has 0 aliphatic rings. The fourth-order valence-electron chi connectivity index (χ4n) is 1.96. The second-order valence-corrected chi connectivity index (χ2v) is 6.44. The van der Waals surface area contributed by atoms with Gasteiger partial charge in [-0.05, 0) is 37.1 Å². The first-order valence-corrected chi connectivity index (χ1v) is 7.34. The zero-order valence-electron chi connectivity index (χ0n) is 12.7. The highest BCUT2D eigenvalue weighted by Crippen LogP contribution is 2.25. The van der Waals surface area contributed by atoms with E-state index in [4.69, 9.17) is 5.73 Å². The zero-order valence-corrected chi connectivity index (χ0v) is 12.7. The first kappa shape index (κ1) is 17.4. The summed E-state index contributed by atoms with van der Waals surface area (Å²) in [5.41, 5.74) is 5.74. The van der Waals surface area contributed by atoms with Gasteiger partial charge in [-0.25, -0.2) is 0 Å². The molecule has 0 saturated carbocycles. The van der Waals surface area contributed by atoms with Crippen LogP contribution in [0.15, 0.2) is 0 Å². The molecule has 0 rings (SSSR count). The fraction of sp³-hybridized carbons (Fsp3) is 0.933. The van der Waals surface area contributed by atoms with Gasteiger partial charge >= 0.3 is 0 Å². The average molecular weight is 256 g/mol. The molecule has 18 heavy (non-hydrogen) atoms. The number of hydrogen-bond acceptors (Lipinski definition) is 2. The first-order valence-electron chi connectivity index (χ1n) is 7.34. The van der Waals surface area contributed by atoms with Gasteiger partial charge < -0.3 is 11.1 Å². The van der Waals surface area contributed by atoms with E-state index in [0.717, 1.165) is 31.7 Å². The van der Waals surface area contributed by atoms with Crippen molar-refractivity contribution in [2.75, 3.05) is 13.1 Å². The Morgan fingerprint density at radius 3 is 2.44 bits per heavy atom. The molecule has 0 aliphatic heterocycles. The topological polar surface area (TPSA) is 55.1 Å². The van der Waals surface area contributed by atoms with Crippen LogP contribution in [0, 0.1) is 11.3 Å². The molecular formula is C15H32N2O. The minimum Gasteiger partial charge on any atom is -0.356 e. The zero-order chi connectivity index (χ0) is 14.0. The van der Waals surface area contributed by atoms with Crippen molar-refractivity contribution in [3.05, 3.63) is 0 Å². The highest BCUT2D eigenvalue weighted by molar-refractivity contribution is 5.75. The Bertz CT molecular complexity index is 225. The number of amides is 1. The number of nitrogens with one attached hydrogen (secondary N) is 1. The SMILES string of the molecule is CC(C)CCCCNC(=O)CCC(C)(C)CCN. The van der Waals surface area contributed by atoms with Crippen LogP contribution >= 0.6 is 0 Å². The van der Waals surface area contributed by atoms with E-state index in [0.29, 0.717) is 13.0 Å². The summed E-state index contributed by atoms with van der Waals surface area (Å²) in [5, 5.41) is 3.00. The van der Waals surface area contributed by atoms with Crippen molar-refractivity contribution in [3.8, 4) is 0 Å². The van der Waals surface area contributed by atoms with Gasteiger partial charge in [-0.2, -0.15) is 0 Å². The molecule has 3 nitrogen and oxygen atoms in total. The molecule has 3 heteroatoms. The van der Waals surface area contributed by atoms with Gasteiger partial charge in [-0.1, -0.05) is 40.5 Å². The number of carbonyl (C=O) groups excluding carboxylic acids is 1. The monoisotopic (exact) mass is 256 g/mol. The van der Waals surface area contributed by atoms with E-state index in [1.807, 2.05) is 0 Å². The van der Waals surface area contributed by atoms with E-state index in [1.165, 1.54) is 12.8 Å². The maximum absolute atomic E-state index is 11.6. The molecular weight excluding hydrogens is 224 g/mol. The van der Waals surface area contributed by atoms with E-state index in [9.17, 15) is 4.79 Å². The van der Waals surface area contributed by atoms with Crippen molar-refractivity contribution in [2.45, 2.75) is 66.2 Å². The lowest BCUT2D eigenvalue weighted by molar-refractivity contribution is -0.121. The van der Waals surface area contributed by atoms with Crippen LogP contribution in [0.1, 0.15) is 66.2 Å². The molecule has 0 atom stereocenters. The largest absolute Gasteiger partial charge is 0.356 e. The van der Waals surface area contributed by atoms with Crippen molar-refractivity contribution >= 4 is 5.91 Å². The maximum atomic E-state index is 11.6. The van der Waals surface area contributed by atoms with Crippen LogP contribution in [0.4, 0.5) is 0 Å². The number of rotatable bonds is 10. The van der Waals surface area contributed by atoms with Gasteiger partial charge in [0.25, 0.3) is 0 Å². The molecule has 0 fully saturated rings. The number of carbonyl (C=O) groups is 1. The summed E-state index contributed by atoms with van der Waals surface area (Å²) in [6.45, 7) is 10.3. The Hall–Kier alpha value is -0.570. The van der Waals surface area contributed by atoms with Gasteiger partial charge in [-0.3, -0.25) is 4.79 Å². The van der Waals surface area contributed by atoms with Crippen LogP contribution in [0.2, 0.25) is 0 Å². The van der Waals surface area contributed by atoms with E-state index < -0.39 is 0 Å². The summed E-state index contributed by atoms with van der Waals surface area (Å²) in [6.07, 6.45) is 6.07. The molecule has 0 aliphatic carbocycles. The second kappa shape index (κ2) is 9.37. The standard InChI is InChI=1S/C15H32N2O/c1-13(2)7-5-6-12-17-14(18)8-9-15(3,4)10-11-16/h13H,5-12,16H2,1-4H3,(H,17,18). The first-order chi connectivity index (χ1) is 8.37. The van der Waals surface area contributed by atoms with Crippen molar-refractivity contribution in [2.24, 2.45) is 17.1 Å². The predicted molar refractivity (Wildman–Crippen MR) is 78.4 cm³/mol. The lowest BCUT2D eigenvalue weighted by Gasteiger charge is -2.23. The van der Waals surface area contributed by atoms with Crippen molar-refractivity contribution < 1.29 is 4.79 Å². The second-order valence-electron chi connectivity index (χ2n) is 6.44. The lowest BCUT2D eigenvalue weighted by atomic mass is 9.84. The number of unbranched alkanes of at least 4 members (excludes halogenated alkanes) is 1. The van der Waals surface area contributed by atoms with Crippen LogP contribution in [0.5, 0.6) is 0 Å². The molecule has 0 aromatic heterocycles. The maximum Gasteiger partial charge on any atom is 0.220 e. The quantitative estimate of drug-likeness (QED) is 0.590. The molecule has 0 unspecified atom stereocenters. The van der Waals surface area contributed by atoms with Crippen molar-refractivity contribution in [3.63, 3.8) is 0 Å². The summed E-state index contributed by atoms with van der Waals surface area (Å²) >= 11 is 0. The fourth-order valence-corrected chi connectivity index (χ4v) is 1.96. The molecule has 0 radical (unpaired) electrons. The third kappa shape index (κ3) is 10.6. The molecule has 1 amide bonds. The summed E-state index contributed by atoms with van der Waals surface area (Å²) in [6, 6.07) is 0. The molecule has 0 aromatic carbocycles.